The second-order valence-corrected chi connectivity index (χ2v) is 5.95. The highest BCUT2D eigenvalue weighted by Gasteiger charge is 2.11. The number of rotatable bonds is 7. The second kappa shape index (κ2) is 10.8. The average Bonchev–Trinajstić information content (AvgIpc) is 3.34. The first-order chi connectivity index (χ1) is 12.8. The fraction of sp³-hybridized carbons (Fsp3) is 0.368. The van der Waals surface area contributed by atoms with E-state index in [4.69, 9.17) is 9.15 Å². The van der Waals surface area contributed by atoms with E-state index in [9.17, 15) is 4.79 Å². The van der Waals surface area contributed by atoms with Crippen LogP contribution in [-0.2, 0) is 12.8 Å². The number of carbonyl (C=O) groups is 1. The van der Waals surface area contributed by atoms with Crippen molar-refractivity contribution in [3.8, 4) is 5.75 Å². The predicted octanol–water partition coefficient (Wildman–Crippen LogP) is 1.97. The van der Waals surface area contributed by atoms with E-state index < -0.39 is 0 Å². The van der Waals surface area contributed by atoms with Crippen molar-refractivity contribution in [2.75, 3.05) is 33.3 Å². The zero-order valence-electron chi connectivity index (χ0n) is 15.3. The smallest absolute Gasteiger partial charge is 0.287 e. The quantitative estimate of drug-likeness (QED) is 0.242. The number of amides is 1. The van der Waals surface area contributed by atoms with Gasteiger partial charge in [0.1, 0.15) is 5.75 Å². The normalized spacial score (nSPS) is 12.6. The lowest BCUT2D eigenvalue weighted by molar-refractivity contribution is 0.0926. The number of fused-ring (bicyclic) bond motifs is 1. The third kappa shape index (κ3) is 6.16. The van der Waals surface area contributed by atoms with Crippen molar-refractivity contribution < 1.29 is 13.9 Å². The van der Waals surface area contributed by atoms with Gasteiger partial charge < -0.3 is 25.1 Å². The molecule has 146 valence electrons. The van der Waals surface area contributed by atoms with E-state index in [0.29, 0.717) is 24.8 Å². The standard InChI is InChI=1S/C19H24N4O3.HI/c1-20-19(23-10-9-21-18(24)17-3-2-11-25-17)22-8-6-14-4-5-16-15(13-14)7-12-26-16;/h2-5,11,13H,6-10,12H2,1H3,(H,21,24)(H2,20,22,23);1H. The summed E-state index contributed by atoms with van der Waals surface area (Å²) < 4.78 is 10.6. The summed E-state index contributed by atoms with van der Waals surface area (Å²) in [5.41, 5.74) is 2.57. The molecule has 0 saturated heterocycles. The van der Waals surface area contributed by atoms with E-state index in [-0.39, 0.29) is 29.9 Å². The largest absolute Gasteiger partial charge is 0.493 e. The van der Waals surface area contributed by atoms with Crippen molar-refractivity contribution in [3.63, 3.8) is 0 Å². The highest BCUT2D eigenvalue weighted by atomic mass is 127. The average molecular weight is 484 g/mol. The Balaban J connectivity index is 0.00000261. The molecule has 1 aliphatic heterocycles. The van der Waals surface area contributed by atoms with Crippen molar-refractivity contribution in [1.29, 1.82) is 0 Å². The Kier molecular flexibility index (Phi) is 8.43. The van der Waals surface area contributed by atoms with Crippen LogP contribution >= 0.6 is 24.0 Å². The highest BCUT2D eigenvalue weighted by Crippen LogP contribution is 2.25. The summed E-state index contributed by atoms with van der Waals surface area (Å²) in [4.78, 5) is 15.9. The van der Waals surface area contributed by atoms with Crippen LogP contribution in [0.2, 0.25) is 0 Å². The van der Waals surface area contributed by atoms with Crippen LogP contribution in [0, 0.1) is 0 Å². The number of ether oxygens (including phenoxy) is 1. The van der Waals surface area contributed by atoms with Gasteiger partial charge in [-0.25, -0.2) is 0 Å². The molecule has 0 fully saturated rings. The van der Waals surface area contributed by atoms with E-state index >= 15 is 0 Å². The van der Waals surface area contributed by atoms with Crippen molar-refractivity contribution in [1.82, 2.24) is 16.0 Å². The van der Waals surface area contributed by atoms with Crippen LogP contribution in [0.1, 0.15) is 21.7 Å². The van der Waals surface area contributed by atoms with Gasteiger partial charge in [0, 0.05) is 33.1 Å². The summed E-state index contributed by atoms with van der Waals surface area (Å²) in [5, 5.41) is 9.23. The lowest BCUT2D eigenvalue weighted by Gasteiger charge is -2.12. The lowest BCUT2D eigenvalue weighted by Crippen LogP contribution is -2.42. The molecule has 2 heterocycles. The highest BCUT2D eigenvalue weighted by molar-refractivity contribution is 14.0. The third-order valence-electron chi connectivity index (χ3n) is 4.13. The molecule has 0 radical (unpaired) electrons. The van der Waals surface area contributed by atoms with Crippen LogP contribution < -0.4 is 20.7 Å². The Hall–Kier alpha value is -2.23. The minimum atomic E-state index is -0.222. The van der Waals surface area contributed by atoms with Crippen LogP contribution in [0.4, 0.5) is 0 Å². The summed E-state index contributed by atoms with van der Waals surface area (Å²) in [5.74, 6) is 1.81. The predicted molar refractivity (Wildman–Crippen MR) is 115 cm³/mol. The maximum Gasteiger partial charge on any atom is 0.287 e. The zero-order valence-corrected chi connectivity index (χ0v) is 17.6. The number of nitrogens with zero attached hydrogens (tertiary/aromatic N) is 1. The van der Waals surface area contributed by atoms with Gasteiger partial charge in [-0.15, -0.1) is 24.0 Å². The first kappa shape index (κ1) is 21.1. The Morgan fingerprint density at radius 1 is 1.15 bits per heavy atom. The van der Waals surface area contributed by atoms with E-state index in [0.717, 1.165) is 31.7 Å². The number of halogens is 1. The van der Waals surface area contributed by atoms with Gasteiger partial charge in [-0.2, -0.15) is 0 Å². The monoisotopic (exact) mass is 484 g/mol. The fourth-order valence-corrected chi connectivity index (χ4v) is 2.79. The molecule has 2 aromatic rings. The molecule has 7 nitrogen and oxygen atoms in total. The first-order valence-electron chi connectivity index (χ1n) is 8.77. The van der Waals surface area contributed by atoms with Crippen LogP contribution in [0.15, 0.2) is 46.0 Å². The summed E-state index contributed by atoms with van der Waals surface area (Å²) in [6.07, 6.45) is 3.37. The third-order valence-corrected chi connectivity index (χ3v) is 4.13. The van der Waals surface area contributed by atoms with E-state index in [2.05, 4.69) is 33.1 Å². The number of aliphatic imine (C=N–C) groups is 1. The molecule has 0 bridgehead atoms. The van der Waals surface area contributed by atoms with Crippen LogP contribution in [0.25, 0.3) is 0 Å². The Morgan fingerprint density at radius 2 is 1.96 bits per heavy atom. The summed E-state index contributed by atoms with van der Waals surface area (Å²) in [6.45, 7) is 2.61. The van der Waals surface area contributed by atoms with Crippen molar-refractivity contribution in [3.05, 3.63) is 53.5 Å². The molecule has 1 aromatic carbocycles. The van der Waals surface area contributed by atoms with E-state index in [1.807, 2.05) is 6.07 Å². The number of guanidine groups is 1. The van der Waals surface area contributed by atoms with Gasteiger partial charge in [-0.3, -0.25) is 9.79 Å². The number of hydrogen-bond donors (Lipinski definition) is 3. The van der Waals surface area contributed by atoms with Gasteiger partial charge in [-0.05, 0) is 35.7 Å². The van der Waals surface area contributed by atoms with Gasteiger partial charge in [0.25, 0.3) is 5.91 Å². The summed E-state index contributed by atoms with van der Waals surface area (Å²) in [6, 6.07) is 9.68. The molecule has 0 atom stereocenters. The van der Waals surface area contributed by atoms with Gasteiger partial charge in [-0.1, -0.05) is 12.1 Å². The van der Waals surface area contributed by atoms with Gasteiger partial charge >= 0.3 is 0 Å². The molecule has 0 unspecified atom stereocenters. The number of furan rings is 1. The minimum absolute atomic E-state index is 0. The molecule has 0 spiro atoms. The molecule has 27 heavy (non-hydrogen) atoms. The van der Waals surface area contributed by atoms with E-state index in [1.165, 1.54) is 17.4 Å². The molecule has 1 aromatic heterocycles. The molecule has 0 aliphatic carbocycles. The number of carbonyl (C=O) groups excluding carboxylic acids is 1. The maximum atomic E-state index is 11.7. The Bertz CT molecular complexity index is 762. The first-order valence-corrected chi connectivity index (χ1v) is 8.77. The molecular weight excluding hydrogens is 459 g/mol. The Morgan fingerprint density at radius 3 is 2.74 bits per heavy atom. The lowest BCUT2D eigenvalue weighted by atomic mass is 10.1. The van der Waals surface area contributed by atoms with Crippen molar-refractivity contribution in [2.45, 2.75) is 12.8 Å². The minimum Gasteiger partial charge on any atom is -0.493 e. The molecule has 1 amide bonds. The van der Waals surface area contributed by atoms with Crippen molar-refractivity contribution in [2.24, 2.45) is 4.99 Å². The number of benzene rings is 1. The SMILES string of the molecule is CN=C(NCCNC(=O)c1ccco1)NCCc1ccc2c(c1)CCO2.I. The number of hydrogen-bond acceptors (Lipinski definition) is 4. The van der Waals surface area contributed by atoms with Crippen LogP contribution in [0.3, 0.4) is 0 Å². The number of nitrogens with one attached hydrogen (secondary N) is 3. The van der Waals surface area contributed by atoms with Crippen LogP contribution in [-0.4, -0.2) is 45.2 Å². The fourth-order valence-electron chi connectivity index (χ4n) is 2.79. The van der Waals surface area contributed by atoms with Crippen molar-refractivity contribution >= 4 is 35.8 Å². The van der Waals surface area contributed by atoms with Gasteiger partial charge in [0.15, 0.2) is 11.7 Å². The van der Waals surface area contributed by atoms with Gasteiger partial charge in [0.05, 0.1) is 12.9 Å². The maximum absolute atomic E-state index is 11.7. The summed E-state index contributed by atoms with van der Waals surface area (Å²) >= 11 is 0. The van der Waals surface area contributed by atoms with Gasteiger partial charge in [0.2, 0.25) is 0 Å². The Labute approximate surface area is 176 Å². The molecule has 3 rings (SSSR count). The zero-order chi connectivity index (χ0) is 18.2. The molecular formula is C19H25IN4O3. The molecule has 8 heteroatoms. The topological polar surface area (TPSA) is 87.9 Å². The summed E-state index contributed by atoms with van der Waals surface area (Å²) in [7, 11) is 1.73. The molecule has 1 aliphatic rings. The molecule has 0 saturated carbocycles. The molecule has 3 N–H and O–H groups in total. The van der Waals surface area contributed by atoms with Crippen LogP contribution in [0.5, 0.6) is 5.75 Å². The van der Waals surface area contributed by atoms with E-state index in [1.54, 1.807) is 19.2 Å². The second-order valence-electron chi connectivity index (χ2n) is 5.95.